The molecule has 0 fully saturated rings. The summed E-state index contributed by atoms with van der Waals surface area (Å²) < 4.78 is 5.40. The van der Waals surface area contributed by atoms with E-state index >= 15 is 0 Å². The smallest absolute Gasteiger partial charge is 0.226 e. The number of rotatable bonds is 7. The van der Waals surface area contributed by atoms with Crippen LogP contribution in [0.3, 0.4) is 0 Å². The fourth-order valence-corrected chi connectivity index (χ4v) is 1.94. The van der Waals surface area contributed by atoms with Crippen LogP contribution in [-0.4, -0.2) is 28.5 Å². The molecule has 102 valence electrons. The molecule has 0 aliphatic carbocycles. The van der Waals surface area contributed by atoms with Crippen molar-refractivity contribution in [2.75, 3.05) is 17.8 Å². The lowest BCUT2D eigenvalue weighted by atomic mass is 10.1. The van der Waals surface area contributed by atoms with Crippen LogP contribution in [0.2, 0.25) is 0 Å². The maximum atomic E-state index is 5.95. The van der Waals surface area contributed by atoms with Gasteiger partial charge in [0.1, 0.15) is 0 Å². The minimum atomic E-state index is 0.183. The van der Waals surface area contributed by atoms with Crippen LogP contribution in [0.4, 0.5) is 5.95 Å². The molecule has 5 heteroatoms. The summed E-state index contributed by atoms with van der Waals surface area (Å²) in [6, 6.07) is 2.01. The van der Waals surface area contributed by atoms with Crippen LogP contribution in [0.15, 0.2) is 6.07 Å². The second kappa shape index (κ2) is 7.41. The lowest BCUT2D eigenvalue weighted by molar-refractivity contribution is 0.326. The monoisotopic (exact) mass is 271 g/mol. The number of aromatic nitrogens is 2. The Morgan fingerprint density at radius 3 is 2.67 bits per heavy atom. The van der Waals surface area contributed by atoms with Gasteiger partial charge in [0.05, 0.1) is 6.61 Å². The number of ether oxygens (including phenoxy) is 1. The highest BCUT2D eigenvalue weighted by atomic mass is 35.5. The molecule has 0 radical (unpaired) electrons. The summed E-state index contributed by atoms with van der Waals surface area (Å²) in [5.41, 5.74) is 0.883. The van der Waals surface area contributed by atoms with Crippen molar-refractivity contribution in [2.24, 2.45) is 5.92 Å². The average Bonchev–Trinajstić information content (AvgIpc) is 2.27. The van der Waals surface area contributed by atoms with Crippen LogP contribution in [-0.2, 0) is 0 Å². The molecule has 1 N–H and O–H groups in total. The Kier molecular flexibility index (Phi) is 6.19. The first-order valence-electron chi connectivity index (χ1n) is 6.36. The Morgan fingerprint density at radius 2 is 2.11 bits per heavy atom. The molecule has 0 saturated heterocycles. The van der Waals surface area contributed by atoms with Gasteiger partial charge in [-0.05, 0) is 26.2 Å². The molecule has 0 spiro atoms. The molecule has 0 saturated carbocycles. The van der Waals surface area contributed by atoms with Gasteiger partial charge in [-0.15, -0.1) is 11.6 Å². The Bertz CT molecular complexity index is 371. The van der Waals surface area contributed by atoms with E-state index in [4.69, 9.17) is 16.3 Å². The predicted octanol–water partition coefficient (Wildman–Crippen LogP) is 3.25. The van der Waals surface area contributed by atoms with Crippen molar-refractivity contribution in [1.29, 1.82) is 0 Å². The summed E-state index contributed by atoms with van der Waals surface area (Å²) in [7, 11) is 0. The highest BCUT2D eigenvalue weighted by Gasteiger charge is 2.12. The van der Waals surface area contributed by atoms with Gasteiger partial charge in [-0.3, -0.25) is 0 Å². The molecule has 0 aliphatic heterocycles. The Balaban J connectivity index is 2.75. The minimum absolute atomic E-state index is 0.183. The summed E-state index contributed by atoms with van der Waals surface area (Å²) in [6.45, 7) is 8.80. The van der Waals surface area contributed by atoms with Gasteiger partial charge in [0.2, 0.25) is 11.8 Å². The third kappa shape index (κ3) is 5.08. The van der Waals surface area contributed by atoms with E-state index in [1.54, 1.807) is 0 Å². The number of alkyl halides is 1. The van der Waals surface area contributed by atoms with E-state index in [0.717, 1.165) is 12.1 Å². The van der Waals surface area contributed by atoms with Gasteiger partial charge in [-0.2, -0.15) is 4.98 Å². The van der Waals surface area contributed by atoms with Crippen LogP contribution in [0.1, 0.15) is 32.9 Å². The normalized spacial score (nSPS) is 12.6. The molecular formula is C13H22ClN3O. The Labute approximate surface area is 114 Å². The van der Waals surface area contributed by atoms with E-state index in [1.165, 1.54) is 0 Å². The lowest BCUT2D eigenvalue weighted by Gasteiger charge is -2.18. The summed E-state index contributed by atoms with van der Waals surface area (Å²) in [4.78, 5) is 8.67. The highest BCUT2D eigenvalue weighted by Crippen LogP contribution is 2.15. The van der Waals surface area contributed by atoms with E-state index in [1.807, 2.05) is 19.9 Å². The Morgan fingerprint density at radius 1 is 1.39 bits per heavy atom. The van der Waals surface area contributed by atoms with E-state index < -0.39 is 0 Å². The third-order valence-electron chi connectivity index (χ3n) is 2.40. The molecule has 0 aromatic carbocycles. The van der Waals surface area contributed by atoms with Crippen LogP contribution >= 0.6 is 11.6 Å². The maximum absolute atomic E-state index is 5.95. The number of halogens is 1. The molecule has 1 aromatic heterocycles. The predicted molar refractivity (Wildman–Crippen MR) is 75.5 cm³/mol. The maximum Gasteiger partial charge on any atom is 0.226 e. The van der Waals surface area contributed by atoms with Crippen molar-refractivity contribution < 1.29 is 4.74 Å². The number of aryl methyl sites for hydroxylation is 1. The first kappa shape index (κ1) is 15.0. The largest absolute Gasteiger partial charge is 0.478 e. The van der Waals surface area contributed by atoms with E-state index in [9.17, 15) is 0 Å². The van der Waals surface area contributed by atoms with E-state index in [2.05, 4.69) is 29.1 Å². The van der Waals surface area contributed by atoms with Gasteiger partial charge in [0.15, 0.2) is 0 Å². The van der Waals surface area contributed by atoms with Crippen molar-refractivity contribution in [3.8, 4) is 5.88 Å². The van der Waals surface area contributed by atoms with E-state index in [0.29, 0.717) is 30.2 Å². The van der Waals surface area contributed by atoms with Gasteiger partial charge in [0, 0.05) is 23.7 Å². The molecule has 0 aliphatic rings. The highest BCUT2D eigenvalue weighted by molar-refractivity contribution is 6.18. The minimum Gasteiger partial charge on any atom is -0.478 e. The van der Waals surface area contributed by atoms with Gasteiger partial charge in [-0.25, -0.2) is 4.98 Å². The molecule has 1 heterocycles. The van der Waals surface area contributed by atoms with Gasteiger partial charge in [-0.1, -0.05) is 13.8 Å². The van der Waals surface area contributed by atoms with Crippen molar-refractivity contribution in [2.45, 2.75) is 40.2 Å². The van der Waals surface area contributed by atoms with Crippen molar-refractivity contribution in [1.82, 2.24) is 9.97 Å². The molecule has 4 nitrogen and oxygen atoms in total. The van der Waals surface area contributed by atoms with Crippen LogP contribution < -0.4 is 10.1 Å². The number of nitrogens with one attached hydrogen (secondary N) is 1. The second-order valence-electron chi connectivity index (χ2n) is 4.73. The molecule has 18 heavy (non-hydrogen) atoms. The summed E-state index contributed by atoms with van der Waals surface area (Å²) >= 11 is 5.95. The van der Waals surface area contributed by atoms with Crippen molar-refractivity contribution >= 4 is 17.5 Å². The fourth-order valence-electron chi connectivity index (χ4n) is 1.74. The number of anilines is 1. The van der Waals surface area contributed by atoms with Crippen molar-refractivity contribution in [3.05, 3.63) is 11.8 Å². The SMILES string of the molecule is CCOc1cc(C)nc(NC(CCl)CC(C)C)n1. The van der Waals surface area contributed by atoms with Crippen molar-refractivity contribution in [3.63, 3.8) is 0 Å². The quantitative estimate of drug-likeness (QED) is 0.774. The first-order valence-corrected chi connectivity index (χ1v) is 6.89. The zero-order valence-electron chi connectivity index (χ0n) is 11.5. The number of nitrogens with zero attached hydrogens (tertiary/aromatic N) is 2. The van der Waals surface area contributed by atoms with Crippen LogP contribution in [0, 0.1) is 12.8 Å². The van der Waals surface area contributed by atoms with Gasteiger partial charge in [0.25, 0.3) is 0 Å². The number of hydrogen-bond donors (Lipinski definition) is 1. The summed E-state index contributed by atoms with van der Waals surface area (Å²) in [5.74, 6) is 2.31. The Hall–Kier alpha value is -1.03. The molecule has 1 aromatic rings. The standard InChI is InChI=1S/C13H22ClN3O/c1-5-18-12-7-10(4)15-13(17-12)16-11(8-14)6-9(2)3/h7,9,11H,5-6,8H2,1-4H3,(H,15,16,17). The zero-order valence-corrected chi connectivity index (χ0v) is 12.3. The molecular weight excluding hydrogens is 250 g/mol. The van der Waals surface area contributed by atoms with E-state index in [-0.39, 0.29) is 6.04 Å². The molecule has 0 amide bonds. The molecule has 1 atom stereocenters. The fraction of sp³-hybridized carbons (Fsp3) is 0.692. The van der Waals surface area contributed by atoms with Crippen LogP contribution in [0.25, 0.3) is 0 Å². The number of hydrogen-bond acceptors (Lipinski definition) is 4. The molecule has 1 unspecified atom stereocenters. The second-order valence-corrected chi connectivity index (χ2v) is 5.04. The first-order chi connectivity index (χ1) is 8.55. The lowest BCUT2D eigenvalue weighted by Crippen LogP contribution is -2.24. The molecule has 0 bridgehead atoms. The van der Waals surface area contributed by atoms with Gasteiger partial charge >= 0.3 is 0 Å². The summed E-state index contributed by atoms with van der Waals surface area (Å²) in [6.07, 6.45) is 0.991. The average molecular weight is 272 g/mol. The van der Waals surface area contributed by atoms with Crippen LogP contribution in [0.5, 0.6) is 5.88 Å². The zero-order chi connectivity index (χ0) is 13.5. The molecule has 1 rings (SSSR count). The summed E-state index contributed by atoms with van der Waals surface area (Å²) in [5, 5.41) is 3.27. The third-order valence-corrected chi connectivity index (χ3v) is 2.77. The topological polar surface area (TPSA) is 47.0 Å². The van der Waals surface area contributed by atoms with Gasteiger partial charge < -0.3 is 10.1 Å².